The van der Waals surface area contributed by atoms with E-state index < -0.39 is 0 Å². The Balaban J connectivity index is 2.32. The standard InChI is InChI=1S/C17H26N2O2/c1-13-6-7-15(12-14(13)2)16(20)8-9-17(21)18-10-5-11-19(3)4/h6-7,12H,5,8-11H2,1-4H3,(H,18,21). The van der Waals surface area contributed by atoms with Crippen LogP contribution < -0.4 is 5.32 Å². The number of hydrogen-bond acceptors (Lipinski definition) is 3. The average molecular weight is 290 g/mol. The van der Waals surface area contributed by atoms with Crippen LogP contribution in [0.25, 0.3) is 0 Å². The first-order valence-electron chi connectivity index (χ1n) is 7.42. The van der Waals surface area contributed by atoms with Crippen molar-refractivity contribution in [2.24, 2.45) is 0 Å². The van der Waals surface area contributed by atoms with Gasteiger partial charge in [-0.05, 0) is 58.1 Å². The monoisotopic (exact) mass is 290 g/mol. The normalized spacial score (nSPS) is 10.7. The number of carbonyl (C=O) groups is 2. The molecule has 0 radical (unpaired) electrons. The number of ketones is 1. The number of nitrogens with zero attached hydrogens (tertiary/aromatic N) is 1. The fraction of sp³-hybridized carbons (Fsp3) is 0.529. The van der Waals surface area contributed by atoms with Crippen LogP contribution in [0.5, 0.6) is 0 Å². The van der Waals surface area contributed by atoms with E-state index in [0.29, 0.717) is 12.1 Å². The van der Waals surface area contributed by atoms with Crippen molar-refractivity contribution in [3.05, 3.63) is 34.9 Å². The minimum atomic E-state index is -0.0501. The summed E-state index contributed by atoms with van der Waals surface area (Å²) in [6, 6.07) is 5.68. The molecule has 1 aromatic rings. The van der Waals surface area contributed by atoms with Crippen LogP contribution in [0.15, 0.2) is 18.2 Å². The molecule has 4 nitrogen and oxygen atoms in total. The number of aryl methyl sites for hydroxylation is 2. The molecule has 21 heavy (non-hydrogen) atoms. The first-order chi connectivity index (χ1) is 9.90. The fourth-order valence-electron chi connectivity index (χ4n) is 2.00. The predicted octanol–water partition coefficient (Wildman–Crippen LogP) is 2.33. The molecule has 0 atom stereocenters. The Labute approximate surface area is 127 Å². The highest BCUT2D eigenvalue weighted by Gasteiger charge is 2.09. The van der Waals surface area contributed by atoms with Crippen LogP contribution in [-0.2, 0) is 4.79 Å². The molecule has 0 saturated carbocycles. The summed E-state index contributed by atoms with van der Waals surface area (Å²) < 4.78 is 0. The second kappa shape index (κ2) is 8.57. The Kier molecular flexibility index (Phi) is 7.09. The Bertz CT molecular complexity index is 496. The van der Waals surface area contributed by atoms with E-state index in [9.17, 15) is 9.59 Å². The van der Waals surface area contributed by atoms with Gasteiger partial charge in [-0.15, -0.1) is 0 Å². The molecule has 0 saturated heterocycles. The summed E-state index contributed by atoms with van der Waals surface area (Å²) in [7, 11) is 4.01. The number of nitrogens with one attached hydrogen (secondary N) is 1. The summed E-state index contributed by atoms with van der Waals surface area (Å²) >= 11 is 0. The Morgan fingerprint density at radius 3 is 2.43 bits per heavy atom. The molecular formula is C17H26N2O2. The van der Waals surface area contributed by atoms with E-state index in [1.165, 1.54) is 5.56 Å². The average Bonchev–Trinajstić information content (AvgIpc) is 2.43. The highest BCUT2D eigenvalue weighted by Crippen LogP contribution is 2.12. The second-order valence-electron chi connectivity index (χ2n) is 5.73. The first-order valence-corrected chi connectivity index (χ1v) is 7.42. The molecule has 0 aromatic heterocycles. The third kappa shape index (κ3) is 6.54. The lowest BCUT2D eigenvalue weighted by molar-refractivity contribution is -0.121. The molecule has 0 unspecified atom stereocenters. The largest absolute Gasteiger partial charge is 0.356 e. The van der Waals surface area contributed by atoms with Gasteiger partial charge in [0.1, 0.15) is 0 Å². The number of carbonyl (C=O) groups excluding carboxylic acids is 2. The smallest absolute Gasteiger partial charge is 0.220 e. The minimum Gasteiger partial charge on any atom is -0.356 e. The molecule has 0 bridgehead atoms. The summed E-state index contributed by atoms with van der Waals surface area (Å²) in [5, 5.41) is 2.85. The summed E-state index contributed by atoms with van der Waals surface area (Å²) in [4.78, 5) is 25.8. The van der Waals surface area contributed by atoms with Crippen molar-refractivity contribution in [3.63, 3.8) is 0 Å². The van der Waals surface area contributed by atoms with Crippen LogP contribution in [0.1, 0.15) is 40.7 Å². The van der Waals surface area contributed by atoms with E-state index in [1.807, 2.05) is 46.1 Å². The highest BCUT2D eigenvalue weighted by atomic mass is 16.2. The zero-order valence-corrected chi connectivity index (χ0v) is 13.5. The van der Waals surface area contributed by atoms with Crippen LogP contribution >= 0.6 is 0 Å². The zero-order chi connectivity index (χ0) is 15.8. The summed E-state index contributed by atoms with van der Waals surface area (Å²) in [6.07, 6.45) is 1.44. The number of benzene rings is 1. The predicted molar refractivity (Wildman–Crippen MR) is 85.7 cm³/mol. The molecular weight excluding hydrogens is 264 g/mol. The van der Waals surface area contributed by atoms with Gasteiger partial charge in [-0.3, -0.25) is 9.59 Å². The van der Waals surface area contributed by atoms with Crippen LogP contribution in [-0.4, -0.2) is 43.8 Å². The molecule has 1 N–H and O–H groups in total. The molecule has 4 heteroatoms. The number of hydrogen-bond donors (Lipinski definition) is 1. The van der Waals surface area contributed by atoms with Crippen molar-refractivity contribution >= 4 is 11.7 Å². The third-order valence-electron chi connectivity index (χ3n) is 3.51. The van der Waals surface area contributed by atoms with Gasteiger partial charge in [-0.1, -0.05) is 12.1 Å². The molecule has 0 heterocycles. The molecule has 1 rings (SSSR count). The van der Waals surface area contributed by atoms with Crippen LogP contribution in [0.3, 0.4) is 0 Å². The van der Waals surface area contributed by atoms with Gasteiger partial charge in [-0.2, -0.15) is 0 Å². The lowest BCUT2D eigenvalue weighted by atomic mass is 10.0. The molecule has 1 aromatic carbocycles. The van der Waals surface area contributed by atoms with Crippen LogP contribution in [0.4, 0.5) is 0 Å². The maximum absolute atomic E-state index is 12.0. The van der Waals surface area contributed by atoms with Gasteiger partial charge in [-0.25, -0.2) is 0 Å². The zero-order valence-electron chi connectivity index (χ0n) is 13.5. The summed E-state index contributed by atoms with van der Waals surface area (Å²) in [5.41, 5.74) is 2.97. The molecule has 0 spiro atoms. The lowest BCUT2D eigenvalue weighted by Crippen LogP contribution is -2.27. The molecule has 0 fully saturated rings. The molecule has 0 aliphatic carbocycles. The van der Waals surface area contributed by atoms with Crippen molar-refractivity contribution in [2.45, 2.75) is 33.1 Å². The highest BCUT2D eigenvalue weighted by molar-refractivity contribution is 5.98. The number of Topliss-reactive ketones (excluding diaryl/α,β-unsaturated/α-hetero) is 1. The number of rotatable bonds is 8. The number of amides is 1. The first kappa shape index (κ1) is 17.4. The van der Waals surface area contributed by atoms with Gasteiger partial charge in [0.2, 0.25) is 5.91 Å². The summed E-state index contributed by atoms with van der Waals surface area (Å²) in [5.74, 6) is -0.0209. The second-order valence-corrected chi connectivity index (χ2v) is 5.73. The summed E-state index contributed by atoms with van der Waals surface area (Å²) in [6.45, 7) is 5.62. The van der Waals surface area contributed by atoms with Crippen molar-refractivity contribution in [3.8, 4) is 0 Å². The van der Waals surface area contributed by atoms with Gasteiger partial charge in [0.25, 0.3) is 0 Å². The van der Waals surface area contributed by atoms with Crippen LogP contribution in [0, 0.1) is 13.8 Å². The molecule has 0 aliphatic heterocycles. The van der Waals surface area contributed by atoms with E-state index in [4.69, 9.17) is 0 Å². The van der Waals surface area contributed by atoms with E-state index in [0.717, 1.165) is 18.5 Å². The molecule has 1 amide bonds. The van der Waals surface area contributed by atoms with Crippen molar-refractivity contribution in [2.75, 3.05) is 27.2 Å². The topological polar surface area (TPSA) is 49.4 Å². The quantitative estimate of drug-likeness (QED) is 0.590. The minimum absolute atomic E-state index is 0.0292. The lowest BCUT2D eigenvalue weighted by Gasteiger charge is -2.10. The van der Waals surface area contributed by atoms with Crippen molar-refractivity contribution in [1.29, 1.82) is 0 Å². The van der Waals surface area contributed by atoms with Gasteiger partial charge < -0.3 is 10.2 Å². The molecule has 0 aliphatic rings. The van der Waals surface area contributed by atoms with E-state index >= 15 is 0 Å². The van der Waals surface area contributed by atoms with Crippen molar-refractivity contribution in [1.82, 2.24) is 10.2 Å². The third-order valence-corrected chi connectivity index (χ3v) is 3.51. The maximum Gasteiger partial charge on any atom is 0.220 e. The van der Waals surface area contributed by atoms with E-state index in [-0.39, 0.29) is 24.5 Å². The Morgan fingerprint density at radius 2 is 1.81 bits per heavy atom. The Morgan fingerprint density at radius 1 is 1.10 bits per heavy atom. The van der Waals surface area contributed by atoms with E-state index in [2.05, 4.69) is 10.2 Å². The Hall–Kier alpha value is -1.68. The SMILES string of the molecule is Cc1ccc(C(=O)CCC(=O)NCCCN(C)C)cc1C. The van der Waals surface area contributed by atoms with Gasteiger partial charge in [0.05, 0.1) is 0 Å². The van der Waals surface area contributed by atoms with Crippen LogP contribution in [0.2, 0.25) is 0 Å². The fourth-order valence-corrected chi connectivity index (χ4v) is 2.00. The van der Waals surface area contributed by atoms with Gasteiger partial charge in [0.15, 0.2) is 5.78 Å². The van der Waals surface area contributed by atoms with Gasteiger partial charge >= 0.3 is 0 Å². The van der Waals surface area contributed by atoms with Crippen molar-refractivity contribution < 1.29 is 9.59 Å². The van der Waals surface area contributed by atoms with E-state index in [1.54, 1.807) is 0 Å². The van der Waals surface area contributed by atoms with Gasteiger partial charge in [0, 0.05) is 24.9 Å². The molecule has 116 valence electrons. The maximum atomic E-state index is 12.0.